The standard InChI is InChI=1S/C30H29ClN2O3S/c1-21-12-16-25(17-13-21)30(24-8-5-4-6-9-24)32-29(34)20-33(28-11-7-10-27(31)23(28)3)37(35,36)26-18-14-22(2)15-19-26/h4-19,30H,20H2,1-3H3,(H,32,34)/t30-/m1/s1. The third-order valence-corrected chi connectivity index (χ3v) is 8.44. The molecule has 0 aliphatic carbocycles. The molecule has 0 spiro atoms. The minimum absolute atomic E-state index is 0.100. The van der Waals surface area contributed by atoms with E-state index in [2.05, 4.69) is 5.32 Å². The number of hydrogen-bond acceptors (Lipinski definition) is 3. The van der Waals surface area contributed by atoms with E-state index in [0.717, 1.165) is 26.6 Å². The topological polar surface area (TPSA) is 66.5 Å². The van der Waals surface area contributed by atoms with E-state index in [-0.39, 0.29) is 4.90 Å². The lowest BCUT2D eigenvalue weighted by Crippen LogP contribution is -2.42. The lowest BCUT2D eigenvalue weighted by Gasteiger charge is -2.27. The van der Waals surface area contributed by atoms with Gasteiger partial charge in [0.25, 0.3) is 10.0 Å². The number of halogens is 1. The molecule has 0 bridgehead atoms. The number of anilines is 1. The Bertz CT molecular complexity index is 1490. The average molecular weight is 533 g/mol. The molecule has 1 atom stereocenters. The molecular formula is C30H29ClN2O3S. The van der Waals surface area contributed by atoms with Gasteiger partial charge in [-0.3, -0.25) is 9.10 Å². The molecule has 0 saturated heterocycles. The fourth-order valence-electron chi connectivity index (χ4n) is 4.10. The first-order valence-corrected chi connectivity index (χ1v) is 13.7. The minimum atomic E-state index is -4.06. The Morgan fingerprint density at radius 3 is 1.97 bits per heavy atom. The summed E-state index contributed by atoms with van der Waals surface area (Å²) in [5.41, 5.74) is 4.77. The van der Waals surface area contributed by atoms with Crippen molar-refractivity contribution in [2.45, 2.75) is 31.7 Å². The number of sulfonamides is 1. The fraction of sp³-hybridized carbons (Fsp3) is 0.167. The second kappa shape index (κ2) is 11.2. The normalized spacial score (nSPS) is 12.1. The second-order valence-corrected chi connectivity index (χ2v) is 11.3. The summed E-state index contributed by atoms with van der Waals surface area (Å²) < 4.78 is 28.7. The third kappa shape index (κ3) is 6.04. The van der Waals surface area contributed by atoms with E-state index in [0.29, 0.717) is 16.3 Å². The summed E-state index contributed by atoms with van der Waals surface area (Å²) in [7, 11) is -4.06. The molecule has 0 fully saturated rings. The predicted molar refractivity (Wildman–Crippen MR) is 150 cm³/mol. The van der Waals surface area contributed by atoms with Crippen molar-refractivity contribution in [3.05, 3.63) is 130 Å². The van der Waals surface area contributed by atoms with Gasteiger partial charge in [-0.2, -0.15) is 0 Å². The summed E-state index contributed by atoms with van der Waals surface area (Å²) in [6, 6.07) is 28.7. The van der Waals surface area contributed by atoms with Crippen LogP contribution in [0.2, 0.25) is 5.02 Å². The van der Waals surface area contributed by atoms with Crippen LogP contribution in [0.25, 0.3) is 0 Å². The second-order valence-electron chi connectivity index (χ2n) is 9.03. The highest BCUT2D eigenvalue weighted by Crippen LogP contribution is 2.31. The molecule has 0 unspecified atom stereocenters. The van der Waals surface area contributed by atoms with Crippen molar-refractivity contribution in [1.82, 2.24) is 5.32 Å². The van der Waals surface area contributed by atoms with Crippen molar-refractivity contribution < 1.29 is 13.2 Å². The van der Waals surface area contributed by atoms with Crippen molar-refractivity contribution in [1.29, 1.82) is 0 Å². The number of rotatable bonds is 8. The number of carbonyl (C=O) groups excluding carboxylic acids is 1. The van der Waals surface area contributed by atoms with Gasteiger partial charge in [-0.25, -0.2) is 8.42 Å². The number of amides is 1. The Kier molecular flexibility index (Phi) is 8.00. The Labute approximate surface area is 223 Å². The molecule has 1 amide bonds. The smallest absolute Gasteiger partial charge is 0.264 e. The molecule has 5 nitrogen and oxygen atoms in total. The first-order chi connectivity index (χ1) is 17.7. The van der Waals surface area contributed by atoms with Gasteiger partial charge in [0.1, 0.15) is 6.54 Å². The zero-order valence-corrected chi connectivity index (χ0v) is 22.6. The van der Waals surface area contributed by atoms with E-state index in [1.54, 1.807) is 49.4 Å². The number of benzene rings is 4. The van der Waals surface area contributed by atoms with Crippen molar-refractivity contribution >= 4 is 33.2 Å². The molecule has 4 rings (SSSR count). The van der Waals surface area contributed by atoms with Crippen LogP contribution in [0, 0.1) is 20.8 Å². The lowest BCUT2D eigenvalue weighted by molar-refractivity contribution is -0.120. The van der Waals surface area contributed by atoms with Gasteiger partial charge in [0.05, 0.1) is 16.6 Å². The zero-order valence-electron chi connectivity index (χ0n) is 21.0. The number of aryl methyl sites for hydroxylation is 2. The van der Waals surface area contributed by atoms with Crippen LogP contribution in [0.1, 0.15) is 33.9 Å². The van der Waals surface area contributed by atoms with Crippen LogP contribution in [0.5, 0.6) is 0 Å². The number of nitrogens with zero attached hydrogens (tertiary/aromatic N) is 1. The predicted octanol–water partition coefficient (Wildman–Crippen LogP) is 6.37. The molecule has 0 heterocycles. The minimum Gasteiger partial charge on any atom is -0.344 e. The monoisotopic (exact) mass is 532 g/mol. The van der Waals surface area contributed by atoms with E-state index in [1.165, 1.54) is 0 Å². The van der Waals surface area contributed by atoms with Gasteiger partial charge in [-0.1, -0.05) is 95.5 Å². The molecule has 4 aromatic rings. The van der Waals surface area contributed by atoms with E-state index in [9.17, 15) is 13.2 Å². The maximum absolute atomic E-state index is 13.8. The lowest BCUT2D eigenvalue weighted by atomic mass is 9.98. The molecule has 190 valence electrons. The summed E-state index contributed by atoms with van der Waals surface area (Å²) in [6.45, 7) is 5.22. The number of carbonyl (C=O) groups is 1. The van der Waals surface area contributed by atoms with Crippen LogP contribution >= 0.6 is 11.6 Å². The summed E-state index contributed by atoms with van der Waals surface area (Å²) >= 11 is 6.35. The van der Waals surface area contributed by atoms with Crippen molar-refractivity contribution in [2.24, 2.45) is 0 Å². The Morgan fingerprint density at radius 1 is 0.784 bits per heavy atom. The first-order valence-electron chi connectivity index (χ1n) is 11.9. The van der Waals surface area contributed by atoms with Gasteiger partial charge in [0, 0.05) is 5.02 Å². The first kappa shape index (κ1) is 26.5. The largest absolute Gasteiger partial charge is 0.344 e. The number of nitrogens with one attached hydrogen (secondary N) is 1. The summed E-state index contributed by atoms with van der Waals surface area (Å²) in [4.78, 5) is 13.6. The molecule has 0 aromatic heterocycles. The van der Waals surface area contributed by atoms with Gasteiger partial charge < -0.3 is 5.32 Å². The summed E-state index contributed by atoms with van der Waals surface area (Å²) in [6.07, 6.45) is 0. The van der Waals surface area contributed by atoms with Gasteiger partial charge in [-0.05, 0) is 61.7 Å². The highest BCUT2D eigenvalue weighted by molar-refractivity contribution is 7.92. The maximum Gasteiger partial charge on any atom is 0.264 e. The average Bonchev–Trinajstić information content (AvgIpc) is 2.89. The quantitative estimate of drug-likeness (QED) is 0.287. The Morgan fingerprint density at radius 2 is 1.35 bits per heavy atom. The highest BCUT2D eigenvalue weighted by atomic mass is 35.5. The molecule has 37 heavy (non-hydrogen) atoms. The molecule has 7 heteroatoms. The van der Waals surface area contributed by atoms with Crippen LogP contribution in [0.15, 0.2) is 102 Å². The molecule has 0 saturated carbocycles. The van der Waals surface area contributed by atoms with E-state index in [1.807, 2.05) is 68.4 Å². The molecule has 0 aliphatic rings. The van der Waals surface area contributed by atoms with Crippen molar-refractivity contribution in [2.75, 3.05) is 10.8 Å². The molecule has 4 aromatic carbocycles. The third-order valence-electron chi connectivity index (χ3n) is 6.25. The van der Waals surface area contributed by atoms with Crippen LogP contribution in [-0.2, 0) is 14.8 Å². The summed E-state index contributed by atoms with van der Waals surface area (Å²) in [5.74, 6) is -0.440. The zero-order chi connectivity index (χ0) is 26.6. The molecule has 0 aliphatic heterocycles. The Balaban J connectivity index is 1.72. The van der Waals surface area contributed by atoms with Gasteiger partial charge in [0.15, 0.2) is 0 Å². The van der Waals surface area contributed by atoms with Gasteiger partial charge >= 0.3 is 0 Å². The highest BCUT2D eigenvalue weighted by Gasteiger charge is 2.30. The van der Waals surface area contributed by atoms with E-state index < -0.39 is 28.5 Å². The fourth-order valence-corrected chi connectivity index (χ4v) is 5.75. The van der Waals surface area contributed by atoms with Gasteiger partial charge in [0.2, 0.25) is 5.91 Å². The Hall–Kier alpha value is -3.61. The van der Waals surface area contributed by atoms with Crippen molar-refractivity contribution in [3.8, 4) is 0 Å². The SMILES string of the molecule is Cc1ccc([C@H](NC(=O)CN(c2cccc(Cl)c2C)S(=O)(=O)c2ccc(C)cc2)c2ccccc2)cc1. The van der Waals surface area contributed by atoms with Crippen LogP contribution < -0.4 is 9.62 Å². The van der Waals surface area contributed by atoms with Gasteiger partial charge in [-0.15, -0.1) is 0 Å². The van der Waals surface area contributed by atoms with E-state index in [4.69, 9.17) is 11.6 Å². The van der Waals surface area contributed by atoms with Crippen LogP contribution in [0.4, 0.5) is 5.69 Å². The maximum atomic E-state index is 13.8. The van der Waals surface area contributed by atoms with Crippen molar-refractivity contribution in [3.63, 3.8) is 0 Å². The summed E-state index contributed by atoms with van der Waals surface area (Å²) in [5, 5.41) is 3.48. The van der Waals surface area contributed by atoms with Crippen LogP contribution in [0.3, 0.4) is 0 Å². The van der Waals surface area contributed by atoms with E-state index >= 15 is 0 Å². The molecule has 0 radical (unpaired) electrons. The van der Waals surface area contributed by atoms with Crippen LogP contribution in [-0.4, -0.2) is 20.9 Å². The number of hydrogen-bond donors (Lipinski definition) is 1. The molecular weight excluding hydrogens is 504 g/mol. The molecule has 1 N–H and O–H groups in total.